The van der Waals surface area contributed by atoms with E-state index in [0.717, 1.165) is 0 Å². The van der Waals surface area contributed by atoms with E-state index in [1.54, 1.807) is 0 Å². The number of β-amino-alcohol motifs (C(OH)–C–C–N with tert-alkyl or cyclic N) is 1. The highest BCUT2D eigenvalue weighted by molar-refractivity contribution is 14.1. The van der Waals surface area contributed by atoms with Gasteiger partial charge in [-0.3, -0.25) is 9.59 Å². The zero-order valence-corrected chi connectivity index (χ0v) is 12.0. The van der Waals surface area contributed by atoms with Gasteiger partial charge in [0.15, 0.2) is 0 Å². The van der Waals surface area contributed by atoms with Gasteiger partial charge in [-0.1, -0.05) is 0 Å². The number of benzene rings is 1. The third-order valence-electron chi connectivity index (χ3n) is 3.03. The van der Waals surface area contributed by atoms with Crippen LogP contribution in [-0.4, -0.2) is 40.5 Å². The number of primary amides is 1. The Morgan fingerprint density at radius 3 is 2.74 bits per heavy atom. The Morgan fingerprint density at radius 2 is 2.16 bits per heavy atom. The van der Waals surface area contributed by atoms with Crippen molar-refractivity contribution in [3.8, 4) is 0 Å². The number of hydrogen-bond donors (Lipinski definition) is 2. The Kier molecular flexibility index (Phi) is 4.04. The van der Waals surface area contributed by atoms with Crippen molar-refractivity contribution in [2.75, 3.05) is 6.54 Å². The first kappa shape index (κ1) is 14.2. The van der Waals surface area contributed by atoms with Crippen LogP contribution in [0, 0.1) is 9.39 Å². The maximum atomic E-state index is 13.0. The van der Waals surface area contributed by atoms with Crippen LogP contribution in [0.5, 0.6) is 0 Å². The SMILES string of the molecule is NC(=O)C1CC(O)CN1C(=O)c1ccc(F)cc1I. The Morgan fingerprint density at radius 1 is 1.47 bits per heavy atom. The summed E-state index contributed by atoms with van der Waals surface area (Å²) in [4.78, 5) is 24.8. The summed E-state index contributed by atoms with van der Waals surface area (Å²) in [6, 6.07) is 2.96. The molecule has 1 aromatic rings. The number of hydrogen-bond acceptors (Lipinski definition) is 3. The van der Waals surface area contributed by atoms with E-state index in [1.807, 2.05) is 22.6 Å². The van der Waals surface area contributed by atoms with E-state index in [0.29, 0.717) is 9.13 Å². The van der Waals surface area contributed by atoms with E-state index in [9.17, 15) is 19.1 Å². The monoisotopic (exact) mass is 378 g/mol. The number of nitrogens with zero attached hydrogens (tertiary/aromatic N) is 1. The van der Waals surface area contributed by atoms with Gasteiger partial charge in [-0.05, 0) is 40.8 Å². The molecule has 0 aliphatic carbocycles. The normalized spacial score (nSPS) is 22.6. The topological polar surface area (TPSA) is 83.6 Å². The van der Waals surface area contributed by atoms with Gasteiger partial charge in [-0.25, -0.2) is 4.39 Å². The van der Waals surface area contributed by atoms with Gasteiger partial charge < -0.3 is 15.7 Å². The Hall–Kier alpha value is -1.22. The molecule has 0 bridgehead atoms. The van der Waals surface area contributed by atoms with E-state index in [1.165, 1.54) is 23.1 Å². The maximum absolute atomic E-state index is 13.0. The van der Waals surface area contributed by atoms with Crippen molar-refractivity contribution in [1.29, 1.82) is 0 Å². The van der Waals surface area contributed by atoms with Gasteiger partial charge in [0.25, 0.3) is 5.91 Å². The minimum absolute atomic E-state index is 0.0555. The van der Waals surface area contributed by atoms with Crippen LogP contribution in [0.25, 0.3) is 0 Å². The summed E-state index contributed by atoms with van der Waals surface area (Å²) in [6.45, 7) is 0.0555. The van der Waals surface area contributed by atoms with E-state index in [4.69, 9.17) is 5.73 Å². The van der Waals surface area contributed by atoms with Crippen molar-refractivity contribution < 1.29 is 19.1 Å². The molecule has 1 aliphatic rings. The van der Waals surface area contributed by atoms with Crippen LogP contribution in [0.15, 0.2) is 18.2 Å². The average Bonchev–Trinajstić information content (AvgIpc) is 2.70. The van der Waals surface area contributed by atoms with E-state index >= 15 is 0 Å². The van der Waals surface area contributed by atoms with E-state index < -0.39 is 29.8 Å². The molecule has 1 heterocycles. The molecule has 5 nitrogen and oxygen atoms in total. The second-order valence-corrected chi connectivity index (χ2v) is 5.55. The van der Waals surface area contributed by atoms with Gasteiger partial charge in [-0.15, -0.1) is 0 Å². The lowest BCUT2D eigenvalue weighted by Gasteiger charge is -2.22. The van der Waals surface area contributed by atoms with Crippen molar-refractivity contribution in [3.63, 3.8) is 0 Å². The first-order valence-electron chi connectivity index (χ1n) is 5.63. The fourth-order valence-corrected chi connectivity index (χ4v) is 2.83. The summed E-state index contributed by atoms with van der Waals surface area (Å²) in [5.74, 6) is -1.51. The van der Waals surface area contributed by atoms with Crippen LogP contribution in [0.2, 0.25) is 0 Å². The number of carbonyl (C=O) groups excluding carboxylic acids is 2. The first-order chi connectivity index (χ1) is 8.90. The number of likely N-dealkylation sites (tertiary alicyclic amines) is 1. The van der Waals surface area contributed by atoms with Crippen LogP contribution in [0.4, 0.5) is 4.39 Å². The molecular formula is C12H12FIN2O3. The highest BCUT2D eigenvalue weighted by atomic mass is 127. The smallest absolute Gasteiger partial charge is 0.255 e. The number of halogens is 2. The van der Waals surface area contributed by atoms with Crippen molar-refractivity contribution in [2.45, 2.75) is 18.6 Å². The first-order valence-corrected chi connectivity index (χ1v) is 6.71. The summed E-state index contributed by atoms with van der Waals surface area (Å²) in [6.07, 6.45) is -0.627. The van der Waals surface area contributed by atoms with Crippen LogP contribution in [0.3, 0.4) is 0 Å². The summed E-state index contributed by atoms with van der Waals surface area (Å²) in [5.41, 5.74) is 5.52. The number of amides is 2. The van der Waals surface area contributed by atoms with Crippen LogP contribution in [-0.2, 0) is 4.79 Å². The standard InChI is InChI=1S/C12H12FIN2O3/c13-6-1-2-8(9(14)3-6)12(19)16-5-7(17)4-10(16)11(15)18/h1-3,7,10,17H,4-5H2,(H2,15,18). The largest absolute Gasteiger partial charge is 0.391 e. The molecule has 19 heavy (non-hydrogen) atoms. The van der Waals surface area contributed by atoms with Crippen molar-refractivity contribution in [1.82, 2.24) is 4.90 Å². The lowest BCUT2D eigenvalue weighted by atomic mass is 10.1. The number of nitrogens with two attached hydrogens (primary N) is 1. The third kappa shape index (κ3) is 2.86. The summed E-state index contributed by atoms with van der Waals surface area (Å²) >= 11 is 1.85. The van der Waals surface area contributed by atoms with Crippen molar-refractivity contribution in [2.24, 2.45) is 5.73 Å². The van der Waals surface area contributed by atoms with Gasteiger partial charge in [-0.2, -0.15) is 0 Å². The molecule has 2 unspecified atom stereocenters. The summed E-state index contributed by atoms with van der Waals surface area (Å²) in [7, 11) is 0. The van der Waals surface area contributed by atoms with E-state index in [2.05, 4.69) is 0 Å². The molecule has 1 saturated heterocycles. The number of aliphatic hydroxyl groups is 1. The zero-order chi connectivity index (χ0) is 14.2. The molecule has 0 spiro atoms. The maximum Gasteiger partial charge on any atom is 0.255 e. The highest BCUT2D eigenvalue weighted by Crippen LogP contribution is 2.23. The molecule has 2 rings (SSSR count). The third-order valence-corrected chi connectivity index (χ3v) is 3.92. The van der Waals surface area contributed by atoms with Gasteiger partial charge >= 0.3 is 0 Å². The molecule has 3 N–H and O–H groups in total. The number of rotatable bonds is 2. The molecule has 2 amide bonds. The molecule has 7 heteroatoms. The number of carbonyl (C=O) groups is 2. The van der Waals surface area contributed by atoms with E-state index in [-0.39, 0.29) is 13.0 Å². The molecular weight excluding hydrogens is 366 g/mol. The molecule has 1 aromatic carbocycles. The lowest BCUT2D eigenvalue weighted by Crippen LogP contribution is -2.44. The van der Waals surface area contributed by atoms with Gasteiger partial charge in [0.05, 0.1) is 11.7 Å². The molecule has 1 fully saturated rings. The fraction of sp³-hybridized carbons (Fsp3) is 0.333. The lowest BCUT2D eigenvalue weighted by molar-refractivity contribution is -0.121. The molecule has 0 aromatic heterocycles. The minimum Gasteiger partial charge on any atom is -0.391 e. The molecule has 1 aliphatic heterocycles. The van der Waals surface area contributed by atoms with Crippen LogP contribution < -0.4 is 5.73 Å². The van der Waals surface area contributed by atoms with Gasteiger partial charge in [0.1, 0.15) is 11.9 Å². The van der Waals surface area contributed by atoms with Gasteiger partial charge in [0.2, 0.25) is 5.91 Å². The summed E-state index contributed by atoms with van der Waals surface area (Å²) < 4.78 is 13.5. The predicted octanol–water partition coefficient (Wildman–Crippen LogP) is 0.491. The predicted molar refractivity (Wildman–Crippen MR) is 73.8 cm³/mol. The van der Waals surface area contributed by atoms with Gasteiger partial charge in [0, 0.05) is 16.5 Å². The molecule has 0 radical (unpaired) electrons. The zero-order valence-electron chi connectivity index (χ0n) is 9.85. The Labute approximate surface area is 122 Å². The minimum atomic E-state index is -0.816. The van der Waals surface area contributed by atoms with Crippen molar-refractivity contribution in [3.05, 3.63) is 33.1 Å². The van der Waals surface area contributed by atoms with Crippen LogP contribution >= 0.6 is 22.6 Å². The molecule has 2 atom stereocenters. The highest BCUT2D eigenvalue weighted by Gasteiger charge is 2.38. The Balaban J connectivity index is 2.30. The second-order valence-electron chi connectivity index (χ2n) is 4.39. The number of aliphatic hydroxyl groups excluding tert-OH is 1. The molecule has 0 saturated carbocycles. The summed E-state index contributed by atoms with van der Waals surface area (Å²) in [5, 5.41) is 9.56. The quantitative estimate of drug-likeness (QED) is 0.735. The fourth-order valence-electron chi connectivity index (χ4n) is 2.13. The second kappa shape index (κ2) is 5.41. The van der Waals surface area contributed by atoms with Crippen LogP contribution in [0.1, 0.15) is 16.8 Å². The van der Waals surface area contributed by atoms with Crippen molar-refractivity contribution >= 4 is 34.4 Å². The molecule has 102 valence electrons. The average molecular weight is 378 g/mol. The Bertz CT molecular complexity index is 538.